The van der Waals surface area contributed by atoms with Crippen molar-refractivity contribution in [2.75, 3.05) is 0 Å². The molecular formula is C17H26. The van der Waals surface area contributed by atoms with Crippen LogP contribution in [0.25, 0.3) is 0 Å². The van der Waals surface area contributed by atoms with Gasteiger partial charge in [0.1, 0.15) is 0 Å². The van der Waals surface area contributed by atoms with Crippen molar-refractivity contribution in [2.24, 2.45) is 0 Å². The minimum absolute atomic E-state index is 1.04. The first-order chi connectivity index (χ1) is 8.29. The zero-order valence-electron chi connectivity index (χ0n) is 11.7. The minimum Gasteiger partial charge on any atom is -0.0984 e. The van der Waals surface area contributed by atoms with Crippen LogP contribution in [0.2, 0.25) is 0 Å². The van der Waals surface area contributed by atoms with Gasteiger partial charge in [-0.25, -0.2) is 0 Å². The lowest BCUT2D eigenvalue weighted by Gasteiger charge is -2.00. The topological polar surface area (TPSA) is 0 Å². The monoisotopic (exact) mass is 230 g/mol. The highest BCUT2D eigenvalue weighted by atomic mass is 14.0. The Morgan fingerprint density at radius 1 is 0.941 bits per heavy atom. The van der Waals surface area contributed by atoms with Gasteiger partial charge in [0.15, 0.2) is 0 Å². The molecular weight excluding hydrogens is 204 g/mol. The van der Waals surface area contributed by atoms with Crippen LogP contribution in [0, 0.1) is 0 Å². The molecule has 0 unspecified atom stereocenters. The largest absolute Gasteiger partial charge is 0.0984 e. The Morgan fingerprint density at radius 3 is 1.76 bits per heavy atom. The molecule has 17 heavy (non-hydrogen) atoms. The Hall–Kier alpha value is -1.56. The van der Waals surface area contributed by atoms with E-state index in [9.17, 15) is 0 Å². The van der Waals surface area contributed by atoms with E-state index < -0.39 is 0 Å². The van der Waals surface area contributed by atoms with Crippen LogP contribution in [-0.4, -0.2) is 0 Å². The van der Waals surface area contributed by atoms with Crippen molar-refractivity contribution < 1.29 is 0 Å². The first-order valence-electron chi connectivity index (χ1n) is 6.25. The van der Waals surface area contributed by atoms with Crippen LogP contribution in [0.1, 0.15) is 34.1 Å². The minimum atomic E-state index is 1.04. The summed E-state index contributed by atoms with van der Waals surface area (Å²) < 4.78 is 0. The summed E-state index contributed by atoms with van der Waals surface area (Å²) >= 11 is 0. The maximum Gasteiger partial charge on any atom is -0.0190 e. The SMILES string of the molecule is C=CC(=C\C=C/C)/C(C=C)=C/C=C\CC.CC. The molecule has 0 nitrogen and oxygen atoms in total. The lowest BCUT2D eigenvalue weighted by Crippen LogP contribution is -1.80. The summed E-state index contributed by atoms with van der Waals surface area (Å²) in [7, 11) is 0. The van der Waals surface area contributed by atoms with E-state index in [0.717, 1.165) is 17.6 Å². The van der Waals surface area contributed by atoms with E-state index in [1.807, 2.05) is 63.3 Å². The van der Waals surface area contributed by atoms with Crippen molar-refractivity contribution in [3.63, 3.8) is 0 Å². The van der Waals surface area contributed by atoms with Gasteiger partial charge in [-0.05, 0) is 24.5 Å². The molecule has 0 saturated heterocycles. The molecule has 0 radical (unpaired) electrons. The molecule has 0 rings (SSSR count). The summed E-state index contributed by atoms with van der Waals surface area (Å²) in [5.74, 6) is 0. The fourth-order valence-electron chi connectivity index (χ4n) is 1.07. The highest BCUT2D eigenvalue weighted by Crippen LogP contribution is 2.12. The second kappa shape index (κ2) is 14.4. The van der Waals surface area contributed by atoms with Crippen molar-refractivity contribution in [3.8, 4) is 0 Å². The maximum atomic E-state index is 3.80. The van der Waals surface area contributed by atoms with Gasteiger partial charge in [-0.3, -0.25) is 0 Å². The summed E-state index contributed by atoms with van der Waals surface area (Å²) in [6.45, 7) is 15.7. The van der Waals surface area contributed by atoms with Crippen LogP contribution in [0.15, 0.2) is 72.9 Å². The Morgan fingerprint density at radius 2 is 1.41 bits per heavy atom. The third-order valence-corrected chi connectivity index (χ3v) is 1.89. The number of hydrogen-bond acceptors (Lipinski definition) is 0. The predicted molar refractivity (Wildman–Crippen MR) is 82.2 cm³/mol. The van der Waals surface area contributed by atoms with Gasteiger partial charge in [0, 0.05) is 0 Å². The Bertz CT molecular complexity index is 309. The van der Waals surface area contributed by atoms with Gasteiger partial charge < -0.3 is 0 Å². The second-order valence-electron chi connectivity index (χ2n) is 3.01. The van der Waals surface area contributed by atoms with Crippen molar-refractivity contribution in [2.45, 2.75) is 34.1 Å². The summed E-state index contributed by atoms with van der Waals surface area (Å²) in [5, 5.41) is 0. The van der Waals surface area contributed by atoms with Crippen molar-refractivity contribution in [1.29, 1.82) is 0 Å². The standard InChI is InChI=1S/C15H20.C2H6/c1-5-9-11-13-15(8-4)14(7-3)12-10-6-2;1-2/h6-13H,3-5H2,1-2H3;1-2H3/b10-6-,11-9-,14-12+,15-13+;. The van der Waals surface area contributed by atoms with Crippen molar-refractivity contribution in [3.05, 3.63) is 72.9 Å². The molecule has 0 aromatic carbocycles. The number of allylic oxidation sites excluding steroid dienone is 10. The summed E-state index contributed by atoms with van der Waals surface area (Å²) in [5.41, 5.74) is 2.18. The van der Waals surface area contributed by atoms with Crippen molar-refractivity contribution >= 4 is 0 Å². The van der Waals surface area contributed by atoms with Gasteiger partial charge in [0.25, 0.3) is 0 Å². The quantitative estimate of drug-likeness (QED) is 0.507. The fourth-order valence-corrected chi connectivity index (χ4v) is 1.07. The highest BCUT2D eigenvalue weighted by Gasteiger charge is 1.93. The molecule has 0 aliphatic heterocycles. The zero-order valence-corrected chi connectivity index (χ0v) is 11.7. The first-order valence-corrected chi connectivity index (χ1v) is 6.25. The van der Waals surface area contributed by atoms with E-state index in [1.54, 1.807) is 0 Å². The molecule has 0 aromatic heterocycles. The van der Waals surface area contributed by atoms with Gasteiger partial charge in [-0.1, -0.05) is 82.5 Å². The number of hydrogen-bond donors (Lipinski definition) is 0. The number of rotatable bonds is 6. The van der Waals surface area contributed by atoms with E-state index in [4.69, 9.17) is 0 Å². The van der Waals surface area contributed by atoms with Crippen LogP contribution in [0.4, 0.5) is 0 Å². The summed E-state index contributed by atoms with van der Waals surface area (Å²) in [6, 6.07) is 0. The van der Waals surface area contributed by atoms with Crippen LogP contribution in [0.5, 0.6) is 0 Å². The van der Waals surface area contributed by atoms with Gasteiger partial charge in [-0.2, -0.15) is 0 Å². The molecule has 0 atom stereocenters. The van der Waals surface area contributed by atoms with Crippen LogP contribution >= 0.6 is 0 Å². The first kappa shape index (κ1) is 17.8. The van der Waals surface area contributed by atoms with E-state index >= 15 is 0 Å². The van der Waals surface area contributed by atoms with Crippen LogP contribution in [-0.2, 0) is 0 Å². The molecule has 0 fully saturated rings. The van der Waals surface area contributed by atoms with Crippen molar-refractivity contribution in [1.82, 2.24) is 0 Å². The molecule has 0 amide bonds. The molecule has 0 heteroatoms. The van der Waals surface area contributed by atoms with Gasteiger partial charge in [0.2, 0.25) is 0 Å². The molecule has 94 valence electrons. The molecule has 0 bridgehead atoms. The van der Waals surface area contributed by atoms with E-state index in [1.165, 1.54) is 0 Å². The summed E-state index contributed by atoms with van der Waals surface area (Å²) in [6.07, 6.45) is 17.0. The van der Waals surface area contributed by atoms with Gasteiger partial charge in [0.05, 0.1) is 0 Å². The lowest BCUT2D eigenvalue weighted by molar-refractivity contribution is 1.22. The molecule has 0 aliphatic rings. The van der Waals surface area contributed by atoms with Crippen LogP contribution in [0.3, 0.4) is 0 Å². The van der Waals surface area contributed by atoms with Gasteiger partial charge in [-0.15, -0.1) is 0 Å². The Kier molecular flexibility index (Phi) is 15.1. The zero-order chi connectivity index (χ0) is 13.5. The smallest absolute Gasteiger partial charge is 0.0190 e. The lowest BCUT2D eigenvalue weighted by atomic mass is 10.1. The maximum absolute atomic E-state index is 3.80. The molecule has 0 heterocycles. The van der Waals surface area contributed by atoms with Gasteiger partial charge >= 0.3 is 0 Å². The van der Waals surface area contributed by atoms with Crippen LogP contribution < -0.4 is 0 Å². The normalized spacial score (nSPS) is 12.5. The van der Waals surface area contributed by atoms with E-state index in [0.29, 0.717) is 0 Å². The molecule has 0 saturated carbocycles. The summed E-state index contributed by atoms with van der Waals surface area (Å²) in [4.78, 5) is 0. The molecule has 0 aliphatic carbocycles. The molecule has 0 spiro atoms. The average Bonchev–Trinajstić information content (AvgIpc) is 2.39. The third-order valence-electron chi connectivity index (χ3n) is 1.89. The van der Waals surface area contributed by atoms with E-state index in [2.05, 4.69) is 26.2 Å². The highest BCUT2D eigenvalue weighted by molar-refractivity contribution is 5.48. The molecule has 0 aromatic rings. The fraction of sp³-hybridized carbons (Fsp3) is 0.294. The predicted octanol–water partition coefficient (Wildman–Crippen LogP) is 5.78. The average molecular weight is 230 g/mol. The third kappa shape index (κ3) is 9.37. The molecule has 0 N–H and O–H groups in total. The van der Waals surface area contributed by atoms with E-state index in [-0.39, 0.29) is 0 Å². The second-order valence-corrected chi connectivity index (χ2v) is 3.01. The Balaban J connectivity index is 0. The Labute approximate surface area is 107 Å².